The average Bonchev–Trinajstić information content (AvgIpc) is 2.96. The molecule has 0 radical (unpaired) electrons. The van der Waals surface area contributed by atoms with E-state index >= 15 is 0 Å². The van der Waals surface area contributed by atoms with Crippen LogP contribution in [-0.2, 0) is 20.0 Å². The van der Waals surface area contributed by atoms with Gasteiger partial charge in [0.05, 0.1) is 7.11 Å². The number of hydrogen-bond acceptors (Lipinski definition) is 5. The molecule has 2 unspecified atom stereocenters. The molecule has 0 bridgehead atoms. The van der Waals surface area contributed by atoms with Crippen molar-refractivity contribution in [2.75, 3.05) is 13.7 Å². The van der Waals surface area contributed by atoms with Gasteiger partial charge in [-0.3, -0.25) is 4.90 Å². The van der Waals surface area contributed by atoms with Crippen molar-refractivity contribution in [2.24, 2.45) is 0 Å². The Kier molecular flexibility index (Phi) is 6.15. The van der Waals surface area contributed by atoms with Gasteiger partial charge in [-0.15, -0.1) is 0 Å². The molecule has 1 heterocycles. The van der Waals surface area contributed by atoms with Crippen molar-refractivity contribution in [1.82, 2.24) is 4.90 Å². The van der Waals surface area contributed by atoms with Crippen molar-refractivity contribution in [3.63, 3.8) is 0 Å². The average molecular weight is 351 g/mol. The van der Waals surface area contributed by atoms with Gasteiger partial charge in [-0.2, -0.15) is 11.8 Å². The number of rotatable bonds is 4. The van der Waals surface area contributed by atoms with Crippen LogP contribution in [0.3, 0.4) is 0 Å². The van der Waals surface area contributed by atoms with Gasteiger partial charge in [0.25, 0.3) is 0 Å². The molecule has 5 nitrogen and oxygen atoms in total. The highest BCUT2D eigenvalue weighted by atomic mass is 32.2. The topological polar surface area (TPSA) is 55.8 Å². The minimum Gasteiger partial charge on any atom is -0.467 e. The molecule has 1 amide bonds. The number of nitrogens with zero attached hydrogens (tertiary/aromatic N) is 1. The third-order valence-electron chi connectivity index (χ3n) is 3.69. The molecule has 2 rings (SSSR count). The second-order valence-corrected chi connectivity index (χ2v) is 8.11. The lowest BCUT2D eigenvalue weighted by atomic mass is 10.2. The van der Waals surface area contributed by atoms with Crippen LogP contribution in [0.4, 0.5) is 4.79 Å². The highest BCUT2D eigenvalue weighted by Crippen LogP contribution is 2.31. The van der Waals surface area contributed by atoms with Crippen molar-refractivity contribution in [3.8, 4) is 0 Å². The van der Waals surface area contributed by atoms with Crippen molar-refractivity contribution in [2.45, 2.75) is 49.8 Å². The van der Waals surface area contributed by atoms with Crippen molar-refractivity contribution >= 4 is 23.8 Å². The van der Waals surface area contributed by atoms with Crippen LogP contribution in [-0.4, -0.2) is 47.5 Å². The van der Waals surface area contributed by atoms with E-state index < -0.39 is 17.7 Å². The maximum absolute atomic E-state index is 12.4. The van der Waals surface area contributed by atoms with E-state index in [0.29, 0.717) is 13.0 Å². The van der Waals surface area contributed by atoms with Crippen LogP contribution < -0.4 is 0 Å². The summed E-state index contributed by atoms with van der Waals surface area (Å²) in [5.41, 5.74) is 0.639. The summed E-state index contributed by atoms with van der Waals surface area (Å²) in [4.78, 5) is 25.9. The number of esters is 1. The normalized spacial score (nSPS) is 20.8. The van der Waals surface area contributed by atoms with E-state index in [-0.39, 0.29) is 11.2 Å². The Labute approximate surface area is 147 Å². The molecule has 0 aliphatic carbocycles. The van der Waals surface area contributed by atoms with Gasteiger partial charge in [0, 0.05) is 17.5 Å². The standard InChI is InChI=1S/C18H25NO4S/c1-18(2,3)23-17(21)19-11-14(10-15(19)16(20)22-4)24-12-13-8-6-5-7-9-13/h5-9,14-15H,10-12H2,1-4H3. The van der Waals surface area contributed by atoms with Crippen LogP contribution in [0, 0.1) is 0 Å². The van der Waals surface area contributed by atoms with E-state index in [2.05, 4.69) is 12.1 Å². The Morgan fingerprint density at radius 3 is 2.50 bits per heavy atom. The zero-order valence-corrected chi connectivity index (χ0v) is 15.5. The van der Waals surface area contributed by atoms with E-state index in [1.54, 1.807) is 11.8 Å². The first kappa shape index (κ1) is 18.6. The molecule has 6 heteroatoms. The van der Waals surface area contributed by atoms with Gasteiger partial charge in [0.15, 0.2) is 0 Å². The van der Waals surface area contributed by atoms with E-state index in [4.69, 9.17) is 9.47 Å². The molecule has 0 spiro atoms. The molecule has 0 saturated carbocycles. The molecule has 1 aromatic rings. The molecule has 1 fully saturated rings. The highest BCUT2D eigenvalue weighted by molar-refractivity contribution is 7.99. The number of ether oxygens (including phenoxy) is 2. The number of carbonyl (C=O) groups excluding carboxylic acids is 2. The lowest BCUT2D eigenvalue weighted by molar-refractivity contribution is -0.145. The first-order valence-electron chi connectivity index (χ1n) is 8.03. The summed E-state index contributed by atoms with van der Waals surface area (Å²) in [5.74, 6) is 0.463. The molecule has 1 aromatic carbocycles. The minimum absolute atomic E-state index is 0.182. The van der Waals surface area contributed by atoms with Gasteiger partial charge >= 0.3 is 12.1 Å². The van der Waals surface area contributed by atoms with Crippen LogP contribution in [0.25, 0.3) is 0 Å². The highest BCUT2D eigenvalue weighted by Gasteiger charge is 2.42. The first-order chi connectivity index (χ1) is 11.3. The smallest absolute Gasteiger partial charge is 0.411 e. The van der Waals surface area contributed by atoms with Crippen LogP contribution in [0.5, 0.6) is 0 Å². The van der Waals surface area contributed by atoms with Gasteiger partial charge in [-0.1, -0.05) is 30.3 Å². The maximum Gasteiger partial charge on any atom is 0.411 e. The summed E-state index contributed by atoms with van der Waals surface area (Å²) >= 11 is 1.75. The molecule has 1 saturated heterocycles. The molecule has 2 atom stereocenters. The number of thioether (sulfide) groups is 1. The Morgan fingerprint density at radius 1 is 1.25 bits per heavy atom. The summed E-state index contributed by atoms with van der Waals surface area (Å²) in [6, 6.07) is 9.58. The van der Waals surface area contributed by atoms with E-state index in [0.717, 1.165) is 5.75 Å². The largest absolute Gasteiger partial charge is 0.467 e. The number of benzene rings is 1. The Balaban J connectivity index is 2.01. The van der Waals surface area contributed by atoms with Crippen LogP contribution >= 0.6 is 11.8 Å². The van der Waals surface area contributed by atoms with Gasteiger partial charge in [-0.05, 0) is 32.8 Å². The van der Waals surface area contributed by atoms with Crippen molar-refractivity contribution < 1.29 is 19.1 Å². The minimum atomic E-state index is -0.590. The zero-order chi connectivity index (χ0) is 17.7. The monoisotopic (exact) mass is 351 g/mol. The third kappa shape index (κ3) is 5.16. The number of amides is 1. The summed E-state index contributed by atoms with van der Waals surface area (Å²) in [6.45, 7) is 5.94. The lowest BCUT2D eigenvalue weighted by Gasteiger charge is -2.27. The number of carbonyl (C=O) groups is 2. The SMILES string of the molecule is COC(=O)C1CC(SCc2ccccc2)CN1C(=O)OC(C)(C)C. The summed E-state index contributed by atoms with van der Waals surface area (Å²) in [7, 11) is 1.35. The third-order valence-corrected chi connectivity index (χ3v) is 5.01. The summed E-state index contributed by atoms with van der Waals surface area (Å²) in [5, 5.41) is 0.182. The summed E-state index contributed by atoms with van der Waals surface area (Å²) < 4.78 is 10.3. The maximum atomic E-state index is 12.4. The molecule has 0 aromatic heterocycles. The Bertz CT molecular complexity index is 570. The predicted octanol–water partition coefficient (Wildman–Crippen LogP) is 3.47. The number of methoxy groups -OCH3 is 1. The predicted molar refractivity (Wildman–Crippen MR) is 94.9 cm³/mol. The van der Waals surface area contributed by atoms with Crippen LogP contribution in [0.15, 0.2) is 30.3 Å². The molecule has 24 heavy (non-hydrogen) atoms. The van der Waals surface area contributed by atoms with Crippen LogP contribution in [0.1, 0.15) is 32.8 Å². The lowest BCUT2D eigenvalue weighted by Crippen LogP contribution is -2.43. The zero-order valence-electron chi connectivity index (χ0n) is 14.7. The van der Waals surface area contributed by atoms with Gasteiger partial charge in [0.1, 0.15) is 11.6 Å². The number of likely N-dealkylation sites (tertiary alicyclic amines) is 1. The quantitative estimate of drug-likeness (QED) is 0.778. The Morgan fingerprint density at radius 2 is 1.92 bits per heavy atom. The number of hydrogen-bond donors (Lipinski definition) is 0. The fraction of sp³-hybridized carbons (Fsp3) is 0.556. The van der Waals surface area contributed by atoms with E-state index in [1.807, 2.05) is 39.0 Å². The van der Waals surface area contributed by atoms with Crippen molar-refractivity contribution in [3.05, 3.63) is 35.9 Å². The molecular weight excluding hydrogens is 326 g/mol. The second-order valence-electron chi connectivity index (χ2n) is 6.83. The molecule has 132 valence electrons. The fourth-order valence-electron chi connectivity index (χ4n) is 2.59. The Hall–Kier alpha value is -1.69. The summed E-state index contributed by atoms with van der Waals surface area (Å²) in [6.07, 6.45) is 0.129. The van der Waals surface area contributed by atoms with Gasteiger partial charge in [-0.25, -0.2) is 9.59 Å². The van der Waals surface area contributed by atoms with E-state index in [9.17, 15) is 9.59 Å². The molecule has 0 N–H and O–H groups in total. The van der Waals surface area contributed by atoms with Crippen molar-refractivity contribution in [1.29, 1.82) is 0 Å². The second kappa shape index (κ2) is 7.92. The van der Waals surface area contributed by atoms with Crippen LogP contribution in [0.2, 0.25) is 0 Å². The fourth-order valence-corrected chi connectivity index (χ4v) is 3.79. The molecule has 1 aliphatic heterocycles. The first-order valence-corrected chi connectivity index (χ1v) is 9.08. The van der Waals surface area contributed by atoms with E-state index in [1.165, 1.54) is 17.6 Å². The molecule has 1 aliphatic rings. The van der Waals surface area contributed by atoms with Gasteiger partial charge < -0.3 is 9.47 Å². The van der Waals surface area contributed by atoms with Gasteiger partial charge in [0.2, 0.25) is 0 Å². The molecular formula is C18H25NO4S.